The van der Waals surface area contributed by atoms with E-state index < -0.39 is 0 Å². The zero-order chi connectivity index (χ0) is 19.5. The zero-order valence-electron chi connectivity index (χ0n) is 15.9. The van der Waals surface area contributed by atoms with Gasteiger partial charge in [0.05, 0.1) is 5.69 Å². The number of aryl methyl sites for hydroxylation is 1. The molecule has 2 aromatic carbocycles. The summed E-state index contributed by atoms with van der Waals surface area (Å²) in [5.41, 5.74) is 10.3. The van der Waals surface area contributed by atoms with Gasteiger partial charge in [0.1, 0.15) is 11.9 Å². The number of ether oxygens (including phenoxy) is 1. The Bertz CT molecular complexity index is 990. The van der Waals surface area contributed by atoms with Gasteiger partial charge in [-0.25, -0.2) is 0 Å². The van der Waals surface area contributed by atoms with Crippen molar-refractivity contribution in [2.45, 2.75) is 25.5 Å². The number of nitrogens with one attached hydrogen (secondary N) is 1. The van der Waals surface area contributed by atoms with Crippen LogP contribution in [0.3, 0.4) is 0 Å². The van der Waals surface area contributed by atoms with Crippen LogP contribution in [0.5, 0.6) is 0 Å². The van der Waals surface area contributed by atoms with Crippen LogP contribution < -0.4 is 11.1 Å². The molecule has 1 amide bonds. The zero-order valence-corrected chi connectivity index (χ0v) is 15.9. The molecule has 1 atom stereocenters. The standard InChI is InChI=1S/C22H24N4O2/c1-26-21(13-19(25-26)20-9-4-10-28-20)24-22(27)18-8-3-7-17(12-18)16-6-2-5-15(11-16)14-23/h2-3,5-8,11-13,20H,4,9-10,14,23H2,1H3,(H,24,27). The molecule has 0 aliphatic carbocycles. The highest BCUT2D eigenvalue weighted by atomic mass is 16.5. The largest absolute Gasteiger partial charge is 0.372 e. The third kappa shape index (κ3) is 3.83. The summed E-state index contributed by atoms with van der Waals surface area (Å²) in [5, 5.41) is 7.45. The number of hydrogen-bond donors (Lipinski definition) is 2. The highest BCUT2D eigenvalue weighted by Gasteiger charge is 2.22. The number of hydrogen-bond acceptors (Lipinski definition) is 4. The van der Waals surface area contributed by atoms with Crippen molar-refractivity contribution < 1.29 is 9.53 Å². The molecule has 144 valence electrons. The van der Waals surface area contributed by atoms with Gasteiger partial charge >= 0.3 is 0 Å². The molecule has 0 bridgehead atoms. The summed E-state index contributed by atoms with van der Waals surface area (Å²) in [6, 6.07) is 17.5. The number of anilines is 1. The highest BCUT2D eigenvalue weighted by molar-refractivity contribution is 6.04. The Morgan fingerprint density at radius 1 is 1.21 bits per heavy atom. The number of carbonyl (C=O) groups is 1. The van der Waals surface area contributed by atoms with Crippen LogP contribution in [-0.4, -0.2) is 22.3 Å². The first-order valence-corrected chi connectivity index (χ1v) is 9.50. The van der Waals surface area contributed by atoms with E-state index >= 15 is 0 Å². The van der Waals surface area contributed by atoms with E-state index in [1.54, 1.807) is 4.68 Å². The van der Waals surface area contributed by atoms with Crippen LogP contribution in [0.1, 0.15) is 40.6 Å². The number of nitrogens with zero attached hydrogens (tertiary/aromatic N) is 2. The molecule has 3 aromatic rings. The van der Waals surface area contributed by atoms with Gasteiger partial charge in [-0.15, -0.1) is 0 Å². The van der Waals surface area contributed by atoms with Crippen molar-refractivity contribution in [1.29, 1.82) is 0 Å². The second kappa shape index (κ2) is 7.96. The lowest BCUT2D eigenvalue weighted by Gasteiger charge is -2.08. The Labute approximate surface area is 164 Å². The maximum absolute atomic E-state index is 12.8. The van der Waals surface area contributed by atoms with E-state index in [0.717, 1.165) is 41.8 Å². The quantitative estimate of drug-likeness (QED) is 0.712. The van der Waals surface area contributed by atoms with E-state index in [1.807, 2.05) is 61.6 Å². The first-order valence-electron chi connectivity index (χ1n) is 9.50. The summed E-state index contributed by atoms with van der Waals surface area (Å²) in [6.07, 6.45) is 2.03. The minimum absolute atomic E-state index is 0.0231. The lowest BCUT2D eigenvalue weighted by molar-refractivity contribution is 0.102. The van der Waals surface area contributed by atoms with Gasteiger partial charge in [-0.2, -0.15) is 5.10 Å². The van der Waals surface area contributed by atoms with Crippen LogP contribution in [0.2, 0.25) is 0 Å². The molecule has 1 fully saturated rings. The molecule has 3 N–H and O–H groups in total. The number of carbonyl (C=O) groups excluding carboxylic acids is 1. The molecule has 2 heterocycles. The summed E-state index contributed by atoms with van der Waals surface area (Å²) < 4.78 is 7.37. The van der Waals surface area contributed by atoms with Crippen LogP contribution in [0, 0.1) is 0 Å². The van der Waals surface area contributed by atoms with Crippen LogP contribution in [0.15, 0.2) is 54.6 Å². The van der Waals surface area contributed by atoms with Crippen molar-refractivity contribution in [3.63, 3.8) is 0 Å². The fraction of sp³-hybridized carbons (Fsp3) is 0.273. The molecule has 0 radical (unpaired) electrons. The van der Waals surface area contributed by atoms with Crippen molar-refractivity contribution in [2.24, 2.45) is 12.8 Å². The monoisotopic (exact) mass is 376 g/mol. The number of benzene rings is 2. The fourth-order valence-corrected chi connectivity index (χ4v) is 3.48. The maximum atomic E-state index is 12.8. The van der Waals surface area contributed by atoms with Gasteiger partial charge in [0.2, 0.25) is 0 Å². The smallest absolute Gasteiger partial charge is 0.256 e. The molecule has 1 saturated heterocycles. The van der Waals surface area contributed by atoms with Crippen molar-refractivity contribution in [2.75, 3.05) is 11.9 Å². The van der Waals surface area contributed by atoms with Gasteiger partial charge in [-0.3, -0.25) is 9.48 Å². The van der Waals surface area contributed by atoms with Gasteiger partial charge < -0.3 is 15.8 Å². The third-order valence-corrected chi connectivity index (χ3v) is 5.02. The summed E-state index contributed by atoms with van der Waals surface area (Å²) in [6.45, 7) is 1.25. The molecular formula is C22H24N4O2. The van der Waals surface area contributed by atoms with Gasteiger partial charge in [0.15, 0.2) is 0 Å². The minimum Gasteiger partial charge on any atom is -0.372 e. The molecule has 28 heavy (non-hydrogen) atoms. The Balaban J connectivity index is 1.54. The summed E-state index contributed by atoms with van der Waals surface area (Å²) in [5.74, 6) is 0.491. The Morgan fingerprint density at radius 3 is 2.75 bits per heavy atom. The molecule has 1 aliphatic heterocycles. The predicted molar refractivity (Wildman–Crippen MR) is 109 cm³/mol. The average Bonchev–Trinajstić information content (AvgIpc) is 3.38. The van der Waals surface area contributed by atoms with Gasteiger partial charge in [0.25, 0.3) is 5.91 Å². The lowest BCUT2D eigenvalue weighted by atomic mass is 10.0. The second-order valence-corrected chi connectivity index (χ2v) is 7.02. The van der Waals surface area contributed by atoms with E-state index in [0.29, 0.717) is 17.9 Å². The van der Waals surface area contributed by atoms with Crippen molar-refractivity contribution in [3.8, 4) is 11.1 Å². The topological polar surface area (TPSA) is 82.2 Å². The minimum atomic E-state index is -0.168. The fourth-order valence-electron chi connectivity index (χ4n) is 3.48. The van der Waals surface area contributed by atoms with Gasteiger partial charge in [-0.1, -0.05) is 30.3 Å². The lowest BCUT2D eigenvalue weighted by Crippen LogP contribution is -2.14. The summed E-state index contributed by atoms with van der Waals surface area (Å²) >= 11 is 0. The summed E-state index contributed by atoms with van der Waals surface area (Å²) in [4.78, 5) is 12.8. The number of amides is 1. The third-order valence-electron chi connectivity index (χ3n) is 5.02. The normalized spacial score (nSPS) is 16.3. The SMILES string of the molecule is Cn1nc(C2CCCO2)cc1NC(=O)c1cccc(-c2cccc(CN)c2)c1. The molecule has 1 aromatic heterocycles. The predicted octanol–water partition coefficient (Wildman–Crippen LogP) is 3.65. The van der Waals surface area contributed by atoms with Gasteiger partial charge in [0, 0.05) is 31.8 Å². The van der Waals surface area contributed by atoms with Crippen molar-refractivity contribution in [3.05, 3.63) is 71.4 Å². The Hall–Kier alpha value is -2.96. The molecule has 1 unspecified atom stereocenters. The van der Waals surface area contributed by atoms with Crippen LogP contribution in [0.4, 0.5) is 5.82 Å². The average molecular weight is 376 g/mol. The first-order chi connectivity index (χ1) is 13.6. The highest BCUT2D eigenvalue weighted by Crippen LogP contribution is 2.29. The molecular weight excluding hydrogens is 352 g/mol. The van der Waals surface area contributed by atoms with Crippen LogP contribution in [0.25, 0.3) is 11.1 Å². The molecule has 0 saturated carbocycles. The number of rotatable bonds is 5. The van der Waals surface area contributed by atoms with E-state index in [9.17, 15) is 4.79 Å². The summed E-state index contributed by atoms with van der Waals surface area (Å²) in [7, 11) is 1.82. The Morgan fingerprint density at radius 2 is 2.00 bits per heavy atom. The molecule has 6 heteroatoms. The van der Waals surface area contributed by atoms with E-state index in [4.69, 9.17) is 10.5 Å². The van der Waals surface area contributed by atoms with Crippen LogP contribution in [-0.2, 0) is 18.3 Å². The second-order valence-electron chi connectivity index (χ2n) is 7.02. The van der Waals surface area contributed by atoms with E-state index in [2.05, 4.69) is 10.4 Å². The van der Waals surface area contributed by atoms with E-state index in [-0.39, 0.29) is 12.0 Å². The van der Waals surface area contributed by atoms with E-state index in [1.165, 1.54) is 0 Å². The van der Waals surface area contributed by atoms with Crippen molar-refractivity contribution >= 4 is 11.7 Å². The molecule has 6 nitrogen and oxygen atoms in total. The van der Waals surface area contributed by atoms with Gasteiger partial charge in [-0.05, 0) is 47.7 Å². The molecule has 4 rings (SSSR count). The number of nitrogens with two attached hydrogens (primary N) is 1. The van der Waals surface area contributed by atoms with Crippen molar-refractivity contribution in [1.82, 2.24) is 9.78 Å². The molecule has 1 aliphatic rings. The Kier molecular flexibility index (Phi) is 5.23. The first kappa shape index (κ1) is 18.4. The van der Waals surface area contributed by atoms with Crippen LogP contribution >= 0.6 is 0 Å². The number of aromatic nitrogens is 2. The maximum Gasteiger partial charge on any atom is 0.256 e. The molecule has 0 spiro atoms.